The topological polar surface area (TPSA) is 85.6 Å². The number of benzene rings is 2. The van der Waals surface area contributed by atoms with Crippen LogP contribution in [-0.2, 0) is 21.6 Å². The highest BCUT2D eigenvalue weighted by Gasteiger charge is 2.15. The molecule has 0 unspecified atom stereocenters. The van der Waals surface area contributed by atoms with Crippen molar-refractivity contribution in [1.82, 2.24) is 5.32 Å². The first-order chi connectivity index (χ1) is 15.0. The number of hydrogen-bond acceptors (Lipinski definition) is 5. The van der Waals surface area contributed by atoms with Gasteiger partial charge in [0.2, 0.25) is 0 Å². The summed E-state index contributed by atoms with van der Waals surface area (Å²) in [6.07, 6.45) is 0.0311. The summed E-state index contributed by atoms with van der Waals surface area (Å²) >= 11 is 0. The Kier molecular flexibility index (Phi) is 6.82. The molecule has 6 heteroatoms. The average molecular weight is 436 g/mol. The maximum Gasteiger partial charge on any atom is 0.336 e. The second-order valence-corrected chi connectivity index (χ2v) is 9.02. The van der Waals surface area contributed by atoms with Gasteiger partial charge in [-0.25, -0.2) is 4.79 Å². The van der Waals surface area contributed by atoms with E-state index in [-0.39, 0.29) is 30.9 Å². The molecule has 0 aliphatic carbocycles. The predicted octanol–water partition coefficient (Wildman–Crippen LogP) is 4.57. The molecular formula is C26H29NO5. The molecule has 1 aromatic heterocycles. The first-order valence-electron chi connectivity index (χ1n) is 10.6. The number of esters is 1. The molecule has 1 amide bonds. The highest BCUT2D eigenvalue weighted by atomic mass is 16.5. The van der Waals surface area contributed by atoms with Gasteiger partial charge in [-0.05, 0) is 60.2 Å². The van der Waals surface area contributed by atoms with Crippen molar-refractivity contribution in [3.63, 3.8) is 0 Å². The first-order valence-corrected chi connectivity index (χ1v) is 10.6. The molecule has 3 rings (SSSR count). The second-order valence-electron chi connectivity index (χ2n) is 9.02. The zero-order valence-corrected chi connectivity index (χ0v) is 19.2. The third kappa shape index (κ3) is 5.63. The Morgan fingerprint density at radius 2 is 1.66 bits per heavy atom. The van der Waals surface area contributed by atoms with Gasteiger partial charge in [-0.2, -0.15) is 0 Å². The second kappa shape index (κ2) is 9.39. The summed E-state index contributed by atoms with van der Waals surface area (Å²) in [7, 11) is 0. The van der Waals surface area contributed by atoms with Gasteiger partial charge >= 0.3 is 11.6 Å². The SMILES string of the molecule is Cc1cc2oc(=O)cc(COC(=O)CCNC(=O)c3ccc(C(C)(C)C)cc3)c2cc1C. The molecule has 3 aromatic rings. The molecule has 2 aromatic carbocycles. The van der Waals surface area contributed by atoms with Crippen LogP contribution in [-0.4, -0.2) is 18.4 Å². The van der Waals surface area contributed by atoms with Crippen LogP contribution in [0.25, 0.3) is 11.0 Å². The van der Waals surface area contributed by atoms with Gasteiger partial charge in [0.05, 0.1) is 6.42 Å². The maximum absolute atomic E-state index is 12.3. The number of aryl methyl sites for hydroxylation is 2. The molecule has 0 bridgehead atoms. The van der Waals surface area contributed by atoms with Crippen LogP contribution in [0.1, 0.15) is 59.8 Å². The first kappa shape index (κ1) is 23.3. The molecule has 0 saturated heterocycles. The molecule has 0 atom stereocenters. The third-order valence-corrected chi connectivity index (χ3v) is 5.46. The predicted molar refractivity (Wildman–Crippen MR) is 124 cm³/mol. The fourth-order valence-electron chi connectivity index (χ4n) is 3.33. The van der Waals surface area contributed by atoms with Crippen molar-refractivity contribution in [3.8, 4) is 0 Å². The Bertz CT molecular complexity index is 1200. The summed E-state index contributed by atoms with van der Waals surface area (Å²) in [6, 6.07) is 12.5. The van der Waals surface area contributed by atoms with Crippen LogP contribution in [0, 0.1) is 13.8 Å². The minimum Gasteiger partial charge on any atom is -0.461 e. The van der Waals surface area contributed by atoms with Crippen LogP contribution in [0.5, 0.6) is 0 Å². The summed E-state index contributed by atoms with van der Waals surface area (Å²) in [4.78, 5) is 36.3. The molecule has 0 radical (unpaired) electrons. The van der Waals surface area contributed by atoms with Crippen molar-refractivity contribution < 1.29 is 18.7 Å². The van der Waals surface area contributed by atoms with E-state index in [1.165, 1.54) is 6.07 Å². The van der Waals surface area contributed by atoms with Crippen molar-refractivity contribution in [2.45, 2.75) is 53.1 Å². The molecule has 0 fully saturated rings. The highest BCUT2D eigenvalue weighted by Crippen LogP contribution is 2.23. The lowest BCUT2D eigenvalue weighted by Gasteiger charge is -2.19. The van der Waals surface area contributed by atoms with E-state index in [2.05, 4.69) is 26.1 Å². The van der Waals surface area contributed by atoms with Crippen molar-refractivity contribution in [2.75, 3.05) is 6.54 Å². The Labute approximate surface area is 187 Å². The molecule has 168 valence electrons. The molecule has 1 N–H and O–H groups in total. The van der Waals surface area contributed by atoms with Gasteiger partial charge in [0.25, 0.3) is 5.91 Å². The fraction of sp³-hybridized carbons (Fsp3) is 0.346. The average Bonchev–Trinajstić information content (AvgIpc) is 2.72. The molecular weight excluding hydrogens is 406 g/mol. The van der Waals surface area contributed by atoms with Crippen LogP contribution in [0.3, 0.4) is 0 Å². The Balaban J connectivity index is 1.54. The van der Waals surface area contributed by atoms with E-state index >= 15 is 0 Å². The van der Waals surface area contributed by atoms with Gasteiger partial charge in [0.15, 0.2) is 0 Å². The number of carbonyl (C=O) groups excluding carboxylic acids is 2. The largest absolute Gasteiger partial charge is 0.461 e. The fourth-order valence-corrected chi connectivity index (χ4v) is 3.33. The van der Waals surface area contributed by atoms with Crippen LogP contribution in [0.2, 0.25) is 0 Å². The Morgan fingerprint density at radius 3 is 2.31 bits per heavy atom. The van der Waals surface area contributed by atoms with Gasteiger partial charge in [0.1, 0.15) is 12.2 Å². The lowest BCUT2D eigenvalue weighted by molar-refractivity contribution is -0.144. The van der Waals surface area contributed by atoms with Crippen molar-refractivity contribution in [3.05, 3.63) is 80.7 Å². The smallest absolute Gasteiger partial charge is 0.336 e. The standard InChI is InChI=1S/C26H29NO5/c1-16-12-21-19(14-24(29)32-22(21)13-17(16)2)15-31-23(28)10-11-27-25(30)18-6-8-20(9-7-18)26(3,4)5/h6-9,12-14H,10-11,15H2,1-5H3,(H,27,30). The summed E-state index contributed by atoms with van der Waals surface area (Å²) < 4.78 is 10.6. The molecule has 0 aliphatic heterocycles. The van der Waals surface area contributed by atoms with E-state index in [1.54, 1.807) is 18.2 Å². The normalized spacial score (nSPS) is 11.4. The van der Waals surface area contributed by atoms with E-state index in [0.717, 1.165) is 22.1 Å². The molecule has 0 spiro atoms. The van der Waals surface area contributed by atoms with Crippen molar-refractivity contribution in [2.24, 2.45) is 0 Å². The van der Waals surface area contributed by atoms with Crippen LogP contribution >= 0.6 is 0 Å². The lowest BCUT2D eigenvalue weighted by atomic mass is 9.87. The molecule has 1 heterocycles. The molecule has 6 nitrogen and oxygen atoms in total. The van der Waals surface area contributed by atoms with E-state index < -0.39 is 11.6 Å². The number of nitrogens with one attached hydrogen (secondary N) is 1. The number of amides is 1. The summed E-state index contributed by atoms with van der Waals surface area (Å²) in [5.74, 6) is -0.700. The lowest BCUT2D eigenvalue weighted by Crippen LogP contribution is -2.26. The number of fused-ring (bicyclic) bond motifs is 1. The summed E-state index contributed by atoms with van der Waals surface area (Å²) in [5.41, 5.74) is 4.34. The summed E-state index contributed by atoms with van der Waals surface area (Å²) in [6.45, 7) is 10.4. The van der Waals surface area contributed by atoms with Crippen LogP contribution in [0.15, 0.2) is 51.7 Å². The Morgan fingerprint density at radius 1 is 1.00 bits per heavy atom. The molecule has 32 heavy (non-hydrogen) atoms. The van der Waals surface area contributed by atoms with Gasteiger partial charge in [-0.15, -0.1) is 0 Å². The van der Waals surface area contributed by atoms with Gasteiger partial charge < -0.3 is 14.5 Å². The number of hydrogen-bond donors (Lipinski definition) is 1. The number of ether oxygens (including phenoxy) is 1. The quantitative estimate of drug-likeness (QED) is 0.453. The Hall–Kier alpha value is -3.41. The van der Waals surface area contributed by atoms with Crippen molar-refractivity contribution >= 4 is 22.8 Å². The van der Waals surface area contributed by atoms with Crippen LogP contribution in [0.4, 0.5) is 0 Å². The zero-order chi connectivity index (χ0) is 23.5. The van der Waals surface area contributed by atoms with Gasteiger partial charge in [-0.1, -0.05) is 32.9 Å². The van der Waals surface area contributed by atoms with Gasteiger partial charge in [0, 0.05) is 29.1 Å². The van der Waals surface area contributed by atoms with Crippen LogP contribution < -0.4 is 10.9 Å². The monoisotopic (exact) mass is 435 g/mol. The van der Waals surface area contributed by atoms with E-state index in [4.69, 9.17) is 9.15 Å². The molecule has 0 aliphatic rings. The number of rotatable bonds is 6. The number of carbonyl (C=O) groups is 2. The minimum absolute atomic E-state index is 0.0152. The van der Waals surface area contributed by atoms with E-state index in [9.17, 15) is 14.4 Å². The summed E-state index contributed by atoms with van der Waals surface area (Å²) in [5, 5.41) is 3.48. The third-order valence-electron chi connectivity index (χ3n) is 5.46. The minimum atomic E-state index is -0.489. The van der Waals surface area contributed by atoms with E-state index in [0.29, 0.717) is 16.7 Å². The molecule has 0 saturated carbocycles. The van der Waals surface area contributed by atoms with Gasteiger partial charge in [-0.3, -0.25) is 9.59 Å². The highest BCUT2D eigenvalue weighted by molar-refractivity contribution is 5.94. The van der Waals surface area contributed by atoms with E-state index in [1.807, 2.05) is 32.0 Å². The zero-order valence-electron chi connectivity index (χ0n) is 19.2. The maximum atomic E-state index is 12.3. The van der Waals surface area contributed by atoms with Crippen molar-refractivity contribution in [1.29, 1.82) is 0 Å².